The van der Waals surface area contributed by atoms with Gasteiger partial charge in [-0.15, -0.1) is 11.3 Å². The minimum absolute atomic E-state index is 0.333. The van der Waals surface area contributed by atoms with Crippen LogP contribution in [0.25, 0.3) is 6.08 Å². The number of amides is 1. The van der Waals surface area contributed by atoms with Crippen molar-refractivity contribution in [2.24, 2.45) is 0 Å². The van der Waals surface area contributed by atoms with Gasteiger partial charge < -0.3 is 19.5 Å². The van der Waals surface area contributed by atoms with Crippen LogP contribution in [0.1, 0.15) is 10.4 Å². The van der Waals surface area contributed by atoms with Crippen molar-refractivity contribution in [1.82, 2.24) is 5.32 Å². The minimum Gasteiger partial charge on any atom is -0.493 e. The standard InChI is InChI=1S/C19H20ClNO5S/c1-24-16-11-13(10-15(20)19(16)25-2)5-6-18(23)26-12-17(22)21-8-7-14-4-3-9-27-14/h3-6,9-11H,7-8,12H2,1-2H3,(H,21,22)/b6-5+. The van der Waals surface area contributed by atoms with Gasteiger partial charge in [-0.05, 0) is 41.6 Å². The highest BCUT2D eigenvalue weighted by Gasteiger charge is 2.10. The Morgan fingerprint density at radius 1 is 1.26 bits per heavy atom. The predicted octanol–water partition coefficient (Wildman–Crippen LogP) is 3.33. The highest BCUT2D eigenvalue weighted by atomic mass is 35.5. The Balaban J connectivity index is 1.79. The van der Waals surface area contributed by atoms with Gasteiger partial charge in [0.2, 0.25) is 0 Å². The van der Waals surface area contributed by atoms with Crippen molar-refractivity contribution in [3.8, 4) is 11.5 Å². The van der Waals surface area contributed by atoms with Gasteiger partial charge in [0, 0.05) is 17.5 Å². The summed E-state index contributed by atoms with van der Waals surface area (Å²) in [6.07, 6.45) is 3.48. The molecule has 0 atom stereocenters. The van der Waals surface area contributed by atoms with Crippen LogP contribution >= 0.6 is 22.9 Å². The Kier molecular flexibility index (Phi) is 8.16. The molecule has 0 saturated heterocycles. The van der Waals surface area contributed by atoms with Gasteiger partial charge in [-0.1, -0.05) is 17.7 Å². The van der Waals surface area contributed by atoms with Gasteiger partial charge in [-0.25, -0.2) is 4.79 Å². The summed E-state index contributed by atoms with van der Waals surface area (Å²) in [6.45, 7) is 0.164. The monoisotopic (exact) mass is 409 g/mol. The lowest BCUT2D eigenvalue weighted by Crippen LogP contribution is -2.30. The molecule has 27 heavy (non-hydrogen) atoms. The van der Waals surface area contributed by atoms with Gasteiger partial charge in [-0.2, -0.15) is 0 Å². The molecule has 2 aromatic rings. The largest absolute Gasteiger partial charge is 0.493 e. The molecule has 1 heterocycles. The van der Waals surface area contributed by atoms with Gasteiger partial charge in [-0.3, -0.25) is 4.79 Å². The van der Waals surface area contributed by atoms with Crippen LogP contribution in [0.15, 0.2) is 35.7 Å². The number of carbonyl (C=O) groups excluding carboxylic acids is 2. The van der Waals surface area contributed by atoms with Crippen molar-refractivity contribution in [3.63, 3.8) is 0 Å². The zero-order chi connectivity index (χ0) is 19.6. The first-order valence-electron chi connectivity index (χ1n) is 8.09. The number of nitrogens with one attached hydrogen (secondary N) is 1. The van der Waals surface area contributed by atoms with Crippen LogP contribution in [0, 0.1) is 0 Å². The molecule has 2 rings (SSSR count). The number of halogens is 1. The number of hydrogen-bond donors (Lipinski definition) is 1. The van der Waals surface area contributed by atoms with Gasteiger partial charge in [0.1, 0.15) is 0 Å². The van der Waals surface area contributed by atoms with E-state index in [0.717, 1.165) is 6.42 Å². The first-order chi connectivity index (χ1) is 13.0. The second-order valence-electron chi connectivity index (χ2n) is 5.36. The Morgan fingerprint density at radius 2 is 2.07 bits per heavy atom. The van der Waals surface area contributed by atoms with E-state index in [0.29, 0.717) is 28.6 Å². The Labute approximate surface area is 166 Å². The van der Waals surface area contributed by atoms with Crippen molar-refractivity contribution < 1.29 is 23.8 Å². The summed E-state index contributed by atoms with van der Waals surface area (Å²) < 4.78 is 15.3. The molecule has 1 aromatic heterocycles. The molecule has 1 N–H and O–H groups in total. The summed E-state index contributed by atoms with van der Waals surface area (Å²) in [4.78, 5) is 24.6. The third-order valence-corrected chi connectivity index (χ3v) is 4.70. The van der Waals surface area contributed by atoms with Crippen LogP contribution in [0.2, 0.25) is 5.02 Å². The number of thiophene rings is 1. The average molecular weight is 410 g/mol. The first kappa shape index (κ1) is 20.8. The number of esters is 1. The van der Waals surface area contributed by atoms with E-state index >= 15 is 0 Å². The molecule has 144 valence electrons. The normalized spacial score (nSPS) is 10.6. The molecular formula is C19H20ClNO5S. The van der Waals surface area contributed by atoms with Crippen molar-refractivity contribution >= 4 is 40.9 Å². The molecule has 8 heteroatoms. The van der Waals surface area contributed by atoms with E-state index < -0.39 is 5.97 Å². The van der Waals surface area contributed by atoms with E-state index in [4.69, 9.17) is 25.8 Å². The summed E-state index contributed by atoms with van der Waals surface area (Å²) in [5.74, 6) is -0.113. The minimum atomic E-state index is -0.630. The molecule has 6 nitrogen and oxygen atoms in total. The Bertz CT molecular complexity index is 805. The summed E-state index contributed by atoms with van der Waals surface area (Å²) in [7, 11) is 2.98. The van der Waals surface area contributed by atoms with E-state index in [1.54, 1.807) is 23.5 Å². The molecule has 0 unspecified atom stereocenters. The lowest BCUT2D eigenvalue weighted by Gasteiger charge is -2.10. The molecule has 0 saturated carbocycles. The number of hydrogen-bond acceptors (Lipinski definition) is 6. The zero-order valence-electron chi connectivity index (χ0n) is 15.0. The second kappa shape index (κ2) is 10.6. The molecule has 0 radical (unpaired) electrons. The molecule has 0 aliphatic rings. The summed E-state index contributed by atoms with van der Waals surface area (Å²) in [5, 5.41) is 5.04. The predicted molar refractivity (Wildman–Crippen MR) is 106 cm³/mol. The SMILES string of the molecule is COc1cc(/C=C/C(=O)OCC(=O)NCCc2cccs2)cc(Cl)c1OC. The van der Waals surface area contributed by atoms with Gasteiger partial charge in [0.05, 0.1) is 19.2 Å². The maximum absolute atomic E-state index is 11.8. The summed E-state index contributed by atoms with van der Waals surface area (Å²) in [5.41, 5.74) is 0.634. The van der Waals surface area contributed by atoms with Gasteiger partial charge in [0.15, 0.2) is 18.1 Å². The van der Waals surface area contributed by atoms with Crippen LogP contribution in [-0.4, -0.2) is 39.2 Å². The van der Waals surface area contributed by atoms with Crippen LogP contribution in [0.4, 0.5) is 0 Å². The second-order valence-corrected chi connectivity index (χ2v) is 6.80. The Morgan fingerprint density at radius 3 is 2.74 bits per heavy atom. The Hall–Kier alpha value is -2.51. The first-order valence-corrected chi connectivity index (χ1v) is 9.34. The highest BCUT2D eigenvalue weighted by Crippen LogP contribution is 2.36. The number of rotatable bonds is 9. The quantitative estimate of drug-likeness (QED) is 0.508. The number of methoxy groups -OCH3 is 2. The van der Waals surface area contributed by atoms with E-state index in [-0.39, 0.29) is 12.5 Å². The fraction of sp³-hybridized carbons (Fsp3) is 0.263. The van der Waals surface area contributed by atoms with Crippen LogP contribution in [-0.2, 0) is 20.7 Å². The number of ether oxygens (including phenoxy) is 3. The fourth-order valence-electron chi connectivity index (χ4n) is 2.21. The molecule has 0 spiro atoms. The van der Waals surface area contributed by atoms with Crippen LogP contribution in [0.3, 0.4) is 0 Å². The molecule has 0 aliphatic heterocycles. The molecule has 0 aliphatic carbocycles. The van der Waals surface area contributed by atoms with E-state index in [1.165, 1.54) is 31.2 Å². The summed E-state index contributed by atoms with van der Waals surface area (Å²) in [6, 6.07) is 7.26. The average Bonchev–Trinajstić information content (AvgIpc) is 3.17. The van der Waals surface area contributed by atoms with E-state index in [2.05, 4.69) is 5.32 Å². The smallest absolute Gasteiger partial charge is 0.331 e. The van der Waals surface area contributed by atoms with Crippen molar-refractivity contribution in [2.75, 3.05) is 27.4 Å². The van der Waals surface area contributed by atoms with Crippen molar-refractivity contribution in [3.05, 3.63) is 51.2 Å². The molecule has 1 amide bonds. The number of carbonyl (C=O) groups is 2. The lowest BCUT2D eigenvalue weighted by atomic mass is 10.2. The summed E-state index contributed by atoms with van der Waals surface area (Å²) >= 11 is 7.74. The van der Waals surface area contributed by atoms with Crippen molar-refractivity contribution in [2.45, 2.75) is 6.42 Å². The molecule has 0 bridgehead atoms. The highest BCUT2D eigenvalue weighted by molar-refractivity contribution is 7.09. The molecule has 1 aromatic carbocycles. The van der Waals surface area contributed by atoms with Crippen LogP contribution < -0.4 is 14.8 Å². The third kappa shape index (κ3) is 6.62. The number of benzene rings is 1. The maximum Gasteiger partial charge on any atom is 0.331 e. The van der Waals surface area contributed by atoms with Crippen molar-refractivity contribution in [1.29, 1.82) is 0 Å². The van der Waals surface area contributed by atoms with Gasteiger partial charge in [0.25, 0.3) is 5.91 Å². The third-order valence-electron chi connectivity index (χ3n) is 3.49. The fourth-order valence-corrected chi connectivity index (χ4v) is 3.22. The van der Waals surface area contributed by atoms with Crippen LogP contribution in [0.5, 0.6) is 11.5 Å². The van der Waals surface area contributed by atoms with E-state index in [9.17, 15) is 9.59 Å². The lowest BCUT2D eigenvalue weighted by molar-refractivity contribution is -0.143. The molecular weight excluding hydrogens is 390 g/mol. The molecule has 0 fully saturated rings. The van der Waals surface area contributed by atoms with Gasteiger partial charge >= 0.3 is 5.97 Å². The topological polar surface area (TPSA) is 73.9 Å². The maximum atomic E-state index is 11.8. The van der Waals surface area contributed by atoms with E-state index in [1.807, 2.05) is 17.5 Å². The zero-order valence-corrected chi connectivity index (χ0v) is 16.6.